The average molecular weight is 325 g/mol. The number of carbonyl (C=O) groups excluding carboxylic acids is 1. The molecule has 1 heterocycles. The number of hydrogen-bond donors (Lipinski definition) is 2. The highest BCUT2D eigenvalue weighted by Crippen LogP contribution is 2.17. The third-order valence-corrected chi connectivity index (χ3v) is 5.38. The first-order chi connectivity index (χ1) is 10.3. The lowest BCUT2D eigenvalue weighted by Crippen LogP contribution is -2.48. The minimum Gasteiger partial charge on any atom is -0.345 e. The Bertz CT molecular complexity index is 643. The Hall–Kier alpha value is -1.44. The molecule has 2 atom stereocenters. The second kappa shape index (κ2) is 6.76. The molecule has 2 rings (SSSR count). The predicted molar refractivity (Wildman–Crippen MR) is 85.2 cm³/mol. The van der Waals surface area contributed by atoms with Crippen LogP contribution in [0.1, 0.15) is 23.7 Å². The Morgan fingerprint density at radius 3 is 2.73 bits per heavy atom. The molecule has 6 nitrogen and oxygen atoms in total. The van der Waals surface area contributed by atoms with Gasteiger partial charge < -0.3 is 10.2 Å². The minimum atomic E-state index is -3.62. The minimum absolute atomic E-state index is 0.0838. The van der Waals surface area contributed by atoms with Crippen molar-refractivity contribution < 1.29 is 13.2 Å². The van der Waals surface area contributed by atoms with Crippen LogP contribution in [0.3, 0.4) is 0 Å². The van der Waals surface area contributed by atoms with Crippen molar-refractivity contribution in [1.29, 1.82) is 0 Å². The maximum absolute atomic E-state index is 12.5. The third kappa shape index (κ3) is 3.85. The summed E-state index contributed by atoms with van der Waals surface area (Å²) in [4.78, 5) is 13.5. The van der Waals surface area contributed by atoms with E-state index in [1.165, 1.54) is 17.0 Å². The lowest BCUT2D eigenvalue weighted by molar-refractivity contribution is 0.0827. The van der Waals surface area contributed by atoms with Gasteiger partial charge in [0.15, 0.2) is 0 Å². The van der Waals surface area contributed by atoms with Crippen LogP contribution < -0.4 is 10.0 Å². The first-order valence-corrected chi connectivity index (χ1v) is 8.84. The number of amides is 1. The molecule has 1 aliphatic rings. The van der Waals surface area contributed by atoms with Gasteiger partial charge in [0, 0.05) is 25.7 Å². The molecule has 1 amide bonds. The van der Waals surface area contributed by atoms with Crippen molar-refractivity contribution >= 4 is 15.9 Å². The first-order valence-electron chi connectivity index (χ1n) is 7.36. The summed E-state index contributed by atoms with van der Waals surface area (Å²) in [5.74, 6) is 0.0161. The van der Waals surface area contributed by atoms with Crippen LogP contribution >= 0.6 is 0 Å². The molecule has 0 spiro atoms. The van der Waals surface area contributed by atoms with Crippen molar-refractivity contribution in [2.75, 3.05) is 27.2 Å². The van der Waals surface area contributed by atoms with Gasteiger partial charge in [-0.1, -0.05) is 13.0 Å². The van der Waals surface area contributed by atoms with Crippen molar-refractivity contribution in [3.63, 3.8) is 0 Å². The SMILES string of the molecule is CC1CNCCC1NS(=O)(=O)c1cccc(C(=O)N(C)C)c1. The third-order valence-electron chi connectivity index (χ3n) is 3.89. The van der Waals surface area contributed by atoms with E-state index < -0.39 is 10.0 Å². The second-order valence-electron chi connectivity index (χ2n) is 5.93. The monoisotopic (exact) mass is 325 g/mol. The normalized spacial score (nSPS) is 22.3. The highest BCUT2D eigenvalue weighted by Gasteiger charge is 2.27. The van der Waals surface area contributed by atoms with E-state index in [2.05, 4.69) is 10.0 Å². The van der Waals surface area contributed by atoms with Crippen LogP contribution in [0.4, 0.5) is 0 Å². The fraction of sp³-hybridized carbons (Fsp3) is 0.533. The van der Waals surface area contributed by atoms with Gasteiger partial charge in [-0.2, -0.15) is 0 Å². The van der Waals surface area contributed by atoms with Crippen LogP contribution in [0.25, 0.3) is 0 Å². The molecule has 2 unspecified atom stereocenters. The molecule has 1 aromatic rings. The molecular weight excluding hydrogens is 302 g/mol. The van der Waals surface area contributed by atoms with Gasteiger partial charge in [-0.3, -0.25) is 4.79 Å². The number of sulfonamides is 1. The lowest BCUT2D eigenvalue weighted by atomic mass is 9.97. The maximum atomic E-state index is 12.5. The van der Waals surface area contributed by atoms with Crippen LogP contribution in [-0.4, -0.2) is 52.5 Å². The topological polar surface area (TPSA) is 78.5 Å². The van der Waals surface area contributed by atoms with Gasteiger partial charge >= 0.3 is 0 Å². The van der Waals surface area contributed by atoms with E-state index in [1.54, 1.807) is 26.2 Å². The zero-order chi connectivity index (χ0) is 16.3. The standard InChI is InChI=1S/C15H23N3O3S/c1-11-10-16-8-7-14(11)17-22(20,21)13-6-4-5-12(9-13)15(19)18(2)3/h4-6,9,11,14,16-17H,7-8,10H2,1-3H3. The summed E-state index contributed by atoms with van der Waals surface area (Å²) in [6, 6.07) is 6.07. The van der Waals surface area contributed by atoms with E-state index in [4.69, 9.17) is 0 Å². The predicted octanol–water partition coefficient (Wildman–Crippen LogP) is 0.665. The molecule has 22 heavy (non-hydrogen) atoms. The van der Waals surface area contributed by atoms with Crippen LogP contribution in [0.15, 0.2) is 29.2 Å². The fourth-order valence-corrected chi connectivity index (χ4v) is 3.94. The number of piperidine rings is 1. The fourth-order valence-electron chi connectivity index (χ4n) is 2.51. The van der Waals surface area contributed by atoms with Gasteiger partial charge in [-0.05, 0) is 43.6 Å². The van der Waals surface area contributed by atoms with Gasteiger partial charge in [0.25, 0.3) is 5.91 Å². The van der Waals surface area contributed by atoms with Gasteiger partial charge in [0.1, 0.15) is 0 Å². The molecule has 0 bridgehead atoms. The Morgan fingerprint density at radius 1 is 1.36 bits per heavy atom. The number of nitrogens with zero attached hydrogens (tertiary/aromatic N) is 1. The maximum Gasteiger partial charge on any atom is 0.253 e. The average Bonchev–Trinajstić information content (AvgIpc) is 2.48. The molecule has 0 aliphatic carbocycles. The number of nitrogens with one attached hydrogen (secondary N) is 2. The molecule has 1 aromatic carbocycles. The molecule has 1 aliphatic heterocycles. The van der Waals surface area contributed by atoms with E-state index in [0.717, 1.165) is 19.5 Å². The highest BCUT2D eigenvalue weighted by molar-refractivity contribution is 7.89. The largest absolute Gasteiger partial charge is 0.345 e. The summed E-state index contributed by atoms with van der Waals surface area (Å²) in [5, 5.41) is 3.24. The molecule has 0 aromatic heterocycles. The molecule has 7 heteroatoms. The van der Waals surface area contributed by atoms with Crippen molar-refractivity contribution in [2.45, 2.75) is 24.3 Å². The first kappa shape index (κ1) is 16.9. The van der Waals surface area contributed by atoms with Crippen LogP contribution in [0.2, 0.25) is 0 Å². The molecule has 1 fully saturated rings. The van der Waals surface area contributed by atoms with Crippen molar-refractivity contribution in [3.05, 3.63) is 29.8 Å². The van der Waals surface area contributed by atoms with Gasteiger partial charge in [-0.15, -0.1) is 0 Å². The molecule has 0 radical (unpaired) electrons. The summed E-state index contributed by atoms with van der Waals surface area (Å²) in [6.07, 6.45) is 0.761. The molecule has 1 saturated heterocycles. The van der Waals surface area contributed by atoms with E-state index >= 15 is 0 Å². The summed E-state index contributed by atoms with van der Waals surface area (Å²) >= 11 is 0. The Morgan fingerprint density at radius 2 is 2.09 bits per heavy atom. The van der Waals surface area contributed by atoms with Crippen molar-refractivity contribution in [3.8, 4) is 0 Å². The molecular formula is C15H23N3O3S. The Balaban J connectivity index is 2.22. The Kier molecular flexibility index (Phi) is 5.20. The summed E-state index contributed by atoms with van der Waals surface area (Å²) in [7, 11) is -0.348. The number of hydrogen-bond acceptors (Lipinski definition) is 4. The molecule has 2 N–H and O–H groups in total. The van der Waals surface area contributed by atoms with E-state index in [1.807, 2.05) is 6.92 Å². The summed E-state index contributed by atoms with van der Waals surface area (Å²) in [6.45, 7) is 3.62. The van der Waals surface area contributed by atoms with Gasteiger partial charge in [0.05, 0.1) is 4.90 Å². The van der Waals surface area contributed by atoms with E-state index in [9.17, 15) is 13.2 Å². The number of benzene rings is 1. The summed E-state index contributed by atoms with van der Waals surface area (Å²) in [5.41, 5.74) is 0.367. The lowest BCUT2D eigenvalue weighted by Gasteiger charge is -2.30. The van der Waals surface area contributed by atoms with Crippen LogP contribution in [-0.2, 0) is 10.0 Å². The second-order valence-corrected chi connectivity index (χ2v) is 7.64. The van der Waals surface area contributed by atoms with Crippen molar-refractivity contribution in [2.24, 2.45) is 5.92 Å². The quantitative estimate of drug-likeness (QED) is 0.853. The zero-order valence-electron chi connectivity index (χ0n) is 13.2. The number of rotatable bonds is 4. The number of carbonyl (C=O) groups is 1. The molecule has 0 saturated carbocycles. The highest BCUT2D eigenvalue weighted by atomic mass is 32.2. The van der Waals surface area contributed by atoms with Crippen molar-refractivity contribution in [1.82, 2.24) is 14.9 Å². The Labute approximate surface area is 131 Å². The smallest absolute Gasteiger partial charge is 0.253 e. The van der Waals surface area contributed by atoms with E-state index in [0.29, 0.717) is 5.56 Å². The van der Waals surface area contributed by atoms with Gasteiger partial charge in [0.2, 0.25) is 10.0 Å². The molecule has 122 valence electrons. The van der Waals surface area contributed by atoms with Gasteiger partial charge in [-0.25, -0.2) is 13.1 Å². The zero-order valence-corrected chi connectivity index (χ0v) is 14.0. The summed E-state index contributed by atoms with van der Waals surface area (Å²) < 4.78 is 27.8. The van der Waals surface area contributed by atoms with E-state index in [-0.39, 0.29) is 22.8 Å². The van der Waals surface area contributed by atoms with Crippen LogP contribution in [0.5, 0.6) is 0 Å². The van der Waals surface area contributed by atoms with Crippen LogP contribution in [0, 0.1) is 5.92 Å².